The van der Waals surface area contributed by atoms with Gasteiger partial charge >= 0.3 is 0 Å². The molecule has 0 fully saturated rings. The maximum absolute atomic E-state index is 5.92. The third-order valence-electron chi connectivity index (χ3n) is 8.25. The van der Waals surface area contributed by atoms with E-state index in [1.54, 1.807) is 0 Å². The van der Waals surface area contributed by atoms with E-state index in [9.17, 15) is 0 Å². The maximum Gasteiger partial charge on any atom is 0.0716 e. The summed E-state index contributed by atoms with van der Waals surface area (Å²) in [5, 5.41) is 0. The van der Waals surface area contributed by atoms with Gasteiger partial charge in [0.15, 0.2) is 0 Å². The van der Waals surface area contributed by atoms with Gasteiger partial charge in [0.05, 0.1) is 13.2 Å². The summed E-state index contributed by atoms with van der Waals surface area (Å²) in [6, 6.07) is 17.5. The Morgan fingerprint density at radius 3 is 0.976 bits per heavy atom. The van der Waals surface area contributed by atoms with Gasteiger partial charge in [0.1, 0.15) is 0 Å². The second-order valence-corrected chi connectivity index (χ2v) is 12.3. The lowest BCUT2D eigenvalue weighted by molar-refractivity contribution is 0.116. The topological polar surface area (TPSA) is 18.5 Å². The summed E-state index contributed by atoms with van der Waals surface area (Å²) in [5.41, 5.74) is 4.94. The van der Waals surface area contributed by atoms with Crippen LogP contribution in [0.3, 0.4) is 0 Å². The quantitative estimate of drug-likeness (QED) is 0.0741. The molecule has 0 aliphatic carbocycles. The fraction of sp³-hybridized carbons (Fsp3) is 0.650. The molecule has 0 heterocycles. The molecule has 2 aromatic rings. The Bertz CT molecular complexity index is 794. The Kier molecular flexibility index (Phi) is 23.1. The molecule has 0 spiro atoms. The Morgan fingerprint density at radius 1 is 0.381 bits per heavy atom. The first-order chi connectivity index (χ1) is 20.8. The Morgan fingerprint density at radius 2 is 0.667 bits per heavy atom. The highest BCUT2D eigenvalue weighted by Gasteiger charge is 1.98. The van der Waals surface area contributed by atoms with E-state index in [0.29, 0.717) is 13.2 Å². The van der Waals surface area contributed by atoms with E-state index in [4.69, 9.17) is 9.47 Å². The van der Waals surface area contributed by atoms with Crippen molar-refractivity contribution in [2.24, 2.45) is 0 Å². The molecule has 0 aliphatic heterocycles. The highest BCUT2D eigenvalue weighted by atomic mass is 16.5. The van der Waals surface area contributed by atoms with E-state index in [1.165, 1.54) is 151 Å². The Balaban J connectivity index is 1.48. The van der Waals surface area contributed by atoms with Crippen LogP contribution in [-0.2, 0) is 22.7 Å². The van der Waals surface area contributed by atoms with Crippen LogP contribution in [0.15, 0.2) is 48.5 Å². The molecule has 2 nitrogen and oxygen atoms in total. The highest BCUT2D eigenvalue weighted by molar-refractivity contribution is 5.69. The SMILES string of the molecule is CCCCCCCCCCCCOCc1ccc(/C=C/c2ccc(COCCCCCCCCCCCC)cc2)cc1. The first-order valence-electron chi connectivity index (χ1n) is 17.8. The largest absolute Gasteiger partial charge is 0.377 e. The normalized spacial score (nSPS) is 11.6. The number of benzene rings is 2. The predicted molar refractivity (Wildman–Crippen MR) is 185 cm³/mol. The van der Waals surface area contributed by atoms with Crippen molar-refractivity contribution in [3.63, 3.8) is 0 Å². The minimum atomic E-state index is 0.712. The third kappa shape index (κ3) is 20.1. The smallest absolute Gasteiger partial charge is 0.0716 e. The summed E-state index contributed by atoms with van der Waals surface area (Å²) in [6.07, 6.45) is 31.7. The van der Waals surface area contributed by atoms with Gasteiger partial charge in [-0.15, -0.1) is 0 Å². The van der Waals surface area contributed by atoms with Crippen LogP contribution in [0.5, 0.6) is 0 Å². The molecule has 0 saturated heterocycles. The molecule has 2 aromatic carbocycles. The molecule has 2 heteroatoms. The van der Waals surface area contributed by atoms with E-state index < -0.39 is 0 Å². The molecule has 0 unspecified atom stereocenters. The second-order valence-electron chi connectivity index (χ2n) is 12.3. The average Bonchev–Trinajstić information content (AvgIpc) is 3.02. The number of hydrogen-bond donors (Lipinski definition) is 0. The second kappa shape index (κ2) is 26.7. The van der Waals surface area contributed by atoms with Crippen molar-refractivity contribution in [2.75, 3.05) is 13.2 Å². The molecule has 2 rings (SSSR count). The molecule has 0 bridgehead atoms. The van der Waals surface area contributed by atoms with Crippen molar-refractivity contribution < 1.29 is 9.47 Å². The summed E-state index contributed by atoms with van der Waals surface area (Å²) in [5.74, 6) is 0. The van der Waals surface area contributed by atoms with Crippen LogP contribution in [0.2, 0.25) is 0 Å². The fourth-order valence-corrected chi connectivity index (χ4v) is 5.41. The highest BCUT2D eigenvalue weighted by Crippen LogP contribution is 2.14. The van der Waals surface area contributed by atoms with Crippen molar-refractivity contribution in [1.82, 2.24) is 0 Å². The van der Waals surface area contributed by atoms with Crippen LogP contribution >= 0.6 is 0 Å². The zero-order valence-corrected chi connectivity index (χ0v) is 27.6. The maximum atomic E-state index is 5.92. The number of rotatable bonds is 28. The lowest BCUT2D eigenvalue weighted by Gasteiger charge is -2.06. The van der Waals surface area contributed by atoms with Crippen LogP contribution < -0.4 is 0 Å². The molecule has 0 N–H and O–H groups in total. The first kappa shape index (κ1) is 36.3. The molecular formula is C40H64O2. The van der Waals surface area contributed by atoms with E-state index in [1.807, 2.05) is 0 Å². The van der Waals surface area contributed by atoms with E-state index in [2.05, 4.69) is 74.5 Å². The number of ether oxygens (including phenoxy) is 2. The molecule has 0 aliphatic rings. The summed E-state index contributed by atoms with van der Waals surface area (Å²) in [7, 11) is 0. The van der Waals surface area contributed by atoms with Gasteiger partial charge in [-0.3, -0.25) is 0 Å². The van der Waals surface area contributed by atoms with Crippen LogP contribution in [0.4, 0.5) is 0 Å². The molecule has 0 atom stereocenters. The van der Waals surface area contributed by atoms with E-state index >= 15 is 0 Å². The van der Waals surface area contributed by atoms with Crippen molar-refractivity contribution in [1.29, 1.82) is 0 Å². The standard InChI is InChI=1S/C40H64O2/c1-3-5-7-9-11-13-15-17-19-21-33-41-35-39-29-25-37(26-30-39)23-24-38-27-31-40(32-28-38)36-42-34-22-20-18-16-14-12-10-8-6-4-2/h23-32H,3-22,33-36H2,1-2H3/b24-23+. The van der Waals surface area contributed by atoms with Crippen molar-refractivity contribution in [3.8, 4) is 0 Å². The van der Waals surface area contributed by atoms with Crippen LogP contribution in [0, 0.1) is 0 Å². The van der Waals surface area contributed by atoms with Gasteiger partial charge in [0, 0.05) is 13.2 Å². The molecular weight excluding hydrogens is 512 g/mol. The van der Waals surface area contributed by atoms with Gasteiger partial charge in [-0.25, -0.2) is 0 Å². The molecule has 42 heavy (non-hydrogen) atoms. The van der Waals surface area contributed by atoms with Gasteiger partial charge in [-0.2, -0.15) is 0 Å². The van der Waals surface area contributed by atoms with Crippen molar-refractivity contribution in [2.45, 2.75) is 155 Å². The molecule has 0 aromatic heterocycles. The average molecular weight is 577 g/mol. The zero-order chi connectivity index (χ0) is 29.8. The molecule has 0 saturated carbocycles. The lowest BCUT2D eigenvalue weighted by atomic mass is 10.1. The number of hydrogen-bond acceptors (Lipinski definition) is 2. The van der Waals surface area contributed by atoms with Crippen molar-refractivity contribution in [3.05, 3.63) is 70.8 Å². The molecule has 236 valence electrons. The van der Waals surface area contributed by atoms with E-state index in [0.717, 1.165) is 13.2 Å². The van der Waals surface area contributed by atoms with Crippen LogP contribution in [0.1, 0.15) is 165 Å². The zero-order valence-electron chi connectivity index (χ0n) is 27.6. The minimum absolute atomic E-state index is 0.712. The summed E-state index contributed by atoms with van der Waals surface area (Å²) in [4.78, 5) is 0. The van der Waals surface area contributed by atoms with Crippen LogP contribution in [-0.4, -0.2) is 13.2 Å². The minimum Gasteiger partial charge on any atom is -0.377 e. The summed E-state index contributed by atoms with van der Waals surface area (Å²) >= 11 is 0. The van der Waals surface area contributed by atoms with Crippen molar-refractivity contribution >= 4 is 12.2 Å². The lowest BCUT2D eigenvalue weighted by Crippen LogP contribution is -1.96. The fourth-order valence-electron chi connectivity index (χ4n) is 5.41. The summed E-state index contributed by atoms with van der Waals surface area (Å²) < 4.78 is 11.8. The third-order valence-corrected chi connectivity index (χ3v) is 8.25. The predicted octanol–water partition coefficient (Wildman–Crippen LogP) is 12.7. The monoisotopic (exact) mass is 576 g/mol. The molecule has 0 amide bonds. The van der Waals surface area contributed by atoms with Gasteiger partial charge < -0.3 is 9.47 Å². The van der Waals surface area contributed by atoms with Gasteiger partial charge in [0.2, 0.25) is 0 Å². The summed E-state index contributed by atoms with van der Waals surface area (Å²) in [6.45, 7) is 7.74. The Hall–Kier alpha value is -1.90. The van der Waals surface area contributed by atoms with Gasteiger partial charge in [-0.05, 0) is 35.1 Å². The van der Waals surface area contributed by atoms with Gasteiger partial charge in [0.25, 0.3) is 0 Å². The number of unbranched alkanes of at least 4 members (excludes halogenated alkanes) is 18. The first-order valence-corrected chi connectivity index (χ1v) is 17.8. The Labute approximate surface area is 260 Å². The van der Waals surface area contributed by atoms with E-state index in [-0.39, 0.29) is 0 Å². The molecule has 0 radical (unpaired) electrons. The van der Waals surface area contributed by atoms with Gasteiger partial charge in [-0.1, -0.05) is 190 Å². The van der Waals surface area contributed by atoms with Crippen LogP contribution in [0.25, 0.3) is 12.2 Å².